The van der Waals surface area contributed by atoms with Crippen molar-refractivity contribution in [2.75, 3.05) is 11.5 Å². The van der Waals surface area contributed by atoms with Crippen LogP contribution in [0.4, 0.5) is 5.82 Å². The summed E-state index contributed by atoms with van der Waals surface area (Å²) < 4.78 is 17.1. The molecule has 3 heterocycles. The lowest BCUT2D eigenvalue weighted by molar-refractivity contribution is 0.0969. The van der Waals surface area contributed by atoms with Gasteiger partial charge in [0.05, 0.1) is 23.6 Å². The van der Waals surface area contributed by atoms with Gasteiger partial charge < -0.3 is 13.7 Å². The molecule has 0 spiro atoms. The number of benzene rings is 2. The minimum Gasteiger partial charge on any atom is -0.494 e. The average molecular weight is 444 g/mol. The molecule has 0 aliphatic carbocycles. The molecule has 5 rings (SSSR count). The molecule has 2 aromatic carbocycles. The number of hydrogen-bond donors (Lipinski definition) is 0. The van der Waals surface area contributed by atoms with Crippen molar-refractivity contribution in [3.05, 3.63) is 87.0 Å². The molecule has 0 saturated carbocycles. The number of aromatic nitrogens is 1. The summed E-state index contributed by atoms with van der Waals surface area (Å²) >= 11 is 0. The van der Waals surface area contributed by atoms with Crippen molar-refractivity contribution in [2.24, 2.45) is 0 Å². The maximum atomic E-state index is 13.7. The Labute approximate surface area is 190 Å². The van der Waals surface area contributed by atoms with Crippen molar-refractivity contribution in [1.82, 2.24) is 5.16 Å². The van der Waals surface area contributed by atoms with Gasteiger partial charge in [-0.1, -0.05) is 37.2 Å². The van der Waals surface area contributed by atoms with Crippen LogP contribution in [0.15, 0.2) is 62.3 Å². The molecule has 1 aliphatic rings. The van der Waals surface area contributed by atoms with Crippen LogP contribution in [0.5, 0.6) is 5.75 Å². The van der Waals surface area contributed by atoms with Gasteiger partial charge in [0.25, 0.3) is 5.91 Å². The van der Waals surface area contributed by atoms with Gasteiger partial charge in [-0.15, -0.1) is 0 Å². The third kappa shape index (κ3) is 3.50. The summed E-state index contributed by atoms with van der Waals surface area (Å²) in [6, 6.07) is 13.9. The van der Waals surface area contributed by atoms with E-state index in [0.717, 1.165) is 24.0 Å². The van der Waals surface area contributed by atoms with Crippen molar-refractivity contribution in [2.45, 2.75) is 39.7 Å². The summed E-state index contributed by atoms with van der Waals surface area (Å²) in [5.41, 5.74) is 2.22. The van der Waals surface area contributed by atoms with Gasteiger partial charge >= 0.3 is 0 Å². The summed E-state index contributed by atoms with van der Waals surface area (Å²) in [5, 5.41) is 4.52. The first-order chi connectivity index (χ1) is 16.0. The Hall–Kier alpha value is -3.87. The number of rotatable bonds is 6. The molecule has 0 saturated heterocycles. The summed E-state index contributed by atoms with van der Waals surface area (Å²) in [6.45, 7) is 6.38. The number of carbonyl (C=O) groups excluding carboxylic acids is 1. The zero-order valence-corrected chi connectivity index (χ0v) is 18.8. The molecule has 4 aromatic rings. The SMILES string of the molecule is CCCOc1cccc([C@@H]2c3c(oc4ccc(CC)cc4c3=O)C(=O)N2c2cc(C)on2)c1. The Bertz CT molecular complexity index is 1420. The molecule has 33 heavy (non-hydrogen) atoms. The van der Waals surface area contributed by atoms with Crippen LogP contribution in [0.3, 0.4) is 0 Å². The molecule has 0 bridgehead atoms. The molecule has 1 aliphatic heterocycles. The Kier molecular flexibility index (Phi) is 5.24. The lowest BCUT2D eigenvalue weighted by Gasteiger charge is -2.22. The third-order valence-electron chi connectivity index (χ3n) is 5.85. The van der Waals surface area contributed by atoms with E-state index in [-0.39, 0.29) is 11.2 Å². The number of anilines is 1. The Balaban J connectivity index is 1.75. The van der Waals surface area contributed by atoms with Crippen molar-refractivity contribution in [3.8, 4) is 5.75 Å². The molecular formula is C26H24N2O5. The minimum absolute atomic E-state index is 0.0299. The smallest absolute Gasteiger partial charge is 0.296 e. The van der Waals surface area contributed by atoms with Crippen molar-refractivity contribution in [1.29, 1.82) is 0 Å². The zero-order valence-electron chi connectivity index (χ0n) is 18.8. The normalized spacial score (nSPS) is 15.3. The van der Waals surface area contributed by atoms with E-state index in [1.54, 1.807) is 19.1 Å². The van der Waals surface area contributed by atoms with Crippen LogP contribution < -0.4 is 15.1 Å². The largest absolute Gasteiger partial charge is 0.494 e. The van der Waals surface area contributed by atoms with E-state index in [1.165, 1.54) is 4.90 Å². The maximum absolute atomic E-state index is 13.7. The van der Waals surface area contributed by atoms with E-state index >= 15 is 0 Å². The standard InChI is InChI=1S/C26H24N2O5/c1-4-11-31-18-8-6-7-17(14-18)23-22-24(29)19-13-16(5-2)9-10-20(19)32-25(22)26(30)28(23)21-12-15(3)33-27-21/h6-10,12-14,23H,4-5,11H2,1-3H3/t23-/m1/s1. The summed E-state index contributed by atoms with van der Waals surface area (Å²) in [7, 11) is 0. The van der Waals surface area contributed by atoms with Crippen molar-refractivity contribution < 1.29 is 18.5 Å². The highest BCUT2D eigenvalue weighted by Crippen LogP contribution is 2.41. The molecule has 0 N–H and O–H groups in total. The number of nitrogens with zero attached hydrogens (tertiary/aromatic N) is 2. The number of aryl methyl sites for hydroxylation is 2. The highest BCUT2D eigenvalue weighted by Gasteiger charge is 2.45. The first kappa shape index (κ1) is 21.0. The second-order valence-electron chi connectivity index (χ2n) is 8.15. The Morgan fingerprint density at radius 1 is 1.09 bits per heavy atom. The number of carbonyl (C=O) groups is 1. The van der Waals surface area contributed by atoms with E-state index in [1.807, 2.05) is 50.2 Å². The van der Waals surface area contributed by atoms with Gasteiger partial charge in [-0.3, -0.25) is 14.5 Å². The molecule has 2 aromatic heterocycles. The van der Waals surface area contributed by atoms with E-state index in [2.05, 4.69) is 5.16 Å². The van der Waals surface area contributed by atoms with Crippen molar-refractivity contribution in [3.63, 3.8) is 0 Å². The van der Waals surface area contributed by atoms with E-state index in [9.17, 15) is 9.59 Å². The monoisotopic (exact) mass is 444 g/mol. The Morgan fingerprint density at radius 2 is 1.94 bits per heavy atom. The van der Waals surface area contributed by atoms with Crippen LogP contribution in [0, 0.1) is 6.92 Å². The van der Waals surface area contributed by atoms with Crippen LogP contribution in [0.1, 0.15) is 59.3 Å². The van der Waals surface area contributed by atoms with Gasteiger partial charge in [-0.25, -0.2) is 0 Å². The van der Waals surface area contributed by atoms with Gasteiger partial charge in [0.1, 0.15) is 17.1 Å². The Morgan fingerprint density at radius 3 is 2.67 bits per heavy atom. The molecule has 0 radical (unpaired) electrons. The van der Waals surface area contributed by atoms with E-state index in [4.69, 9.17) is 13.7 Å². The second-order valence-corrected chi connectivity index (χ2v) is 8.15. The van der Waals surface area contributed by atoms with E-state index in [0.29, 0.717) is 40.5 Å². The fraction of sp³-hybridized carbons (Fsp3) is 0.269. The number of hydrogen-bond acceptors (Lipinski definition) is 6. The first-order valence-electron chi connectivity index (χ1n) is 11.1. The quantitative estimate of drug-likeness (QED) is 0.407. The van der Waals surface area contributed by atoms with Gasteiger partial charge in [-0.2, -0.15) is 0 Å². The average Bonchev–Trinajstić information content (AvgIpc) is 3.38. The number of amides is 1. The zero-order chi connectivity index (χ0) is 23.1. The second kappa shape index (κ2) is 8.24. The lowest BCUT2D eigenvalue weighted by Crippen LogP contribution is -2.29. The highest BCUT2D eigenvalue weighted by molar-refractivity contribution is 6.10. The fourth-order valence-electron chi connectivity index (χ4n) is 4.25. The summed E-state index contributed by atoms with van der Waals surface area (Å²) in [4.78, 5) is 28.8. The molecule has 1 amide bonds. The highest BCUT2D eigenvalue weighted by atomic mass is 16.5. The van der Waals surface area contributed by atoms with Gasteiger partial charge in [-0.05, 0) is 55.2 Å². The van der Waals surface area contributed by atoms with Gasteiger partial charge in [0.2, 0.25) is 5.76 Å². The lowest BCUT2D eigenvalue weighted by atomic mass is 9.97. The predicted octanol–water partition coefficient (Wildman–Crippen LogP) is 5.19. The number of fused-ring (bicyclic) bond motifs is 2. The maximum Gasteiger partial charge on any atom is 0.296 e. The molecule has 1 atom stereocenters. The third-order valence-corrected chi connectivity index (χ3v) is 5.85. The molecule has 168 valence electrons. The number of ether oxygens (including phenoxy) is 1. The summed E-state index contributed by atoms with van der Waals surface area (Å²) in [5.74, 6) is 1.16. The van der Waals surface area contributed by atoms with Crippen LogP contribution in [0.2, 0.25) is 0 Å². The van der Waals surface area contributed by atoms with Crippen LogP contribution in [-0.4, -0.2) is 17.7 Å². The molecular weight excluding hydrogens is 420 g/mol. The minimum atomic E-state index is -0.715. The molecule has 7 nitrogen and oxygen atoms in total. The molecule has 0 fully saturated rings. The van der Waals surface area contributed by atoms with Crippen LogP contribution in [-0.2, 0) is 6.42 Å². The fourth-order valence-corrected chi connectivity index (χ4v) is 4.25. The van der Waals surface area contributed by atoms with E-state index < -0.39 is 11.9 Å². The van der Waals surface area contributed by atoms with Crippen LogP contribution >= 0.6 is 0 Å². The first-order valence-corrected chi connectivity index (χ1v) is 11.1. The topological polar surface area (TPSA) is 85.8 Å². The van der Waals surface area contributed by atoms with Crippen molar-refractivity contribution >= 4 is 22.7 Å². The summed E-state index contributed by atoms with van der Waals surface area (Å²) in [6.07, 6.45) is 1.66. The molecule has 7 heteroatoms. The van der Waals surface area contributed by atoms with Gasteiger partial charge in [0, 0.05) is 6.07 Å². The predicted molar refractivity (Wildman–Crippen MR) is 124 cm³/mol. The van der Waals surface area contributed by atoms with Gasteiger partial charge in [0.15, 0.2) is 11.2 Å². The van der Waals surface area contributed by atoms with Crippen LogP contribution in [0.25, 0.3) is 11.0 Å². The molecule has 0 unspecified atom stereocenters.